The summed E-state index contributed by atoms with van der Waals surface area (Å²) < 4.78 is 0. The number of hydrogen-bond acceptors (Lipinski definition) is 4. The molecule has 1 aromatic carbocycles. The zero-order valence-corrected chi connectivity index (χ0v) is 11.9. The van der Waals surface area contributed by atoms with Crippen LogP contribution in [0.15, 0.2) is 12.1 Å². The maximum absolute atomic E-state index is 12.4. The van der Waals surface area contributed by atoms with Crippen molar-refractivity contribution in [3.63, 3.8) is 0 Å². The van der Waals surface area contributed by atoms with Crippen molar-refractivity contribution in [3.8, 4) is 0 Å². The molecule has 1 aromatic rings. The summed E-state index contributed by atoms with van der Waals surface area (Å²) in [6.07, 6.45) is 0.590. The fourth-order valence-electron chi connectivity index (χ4n) is 2.80. The van der Waals surface area contributed by atoms with Crippen molar-refractivity contribution in [2.45, 2.75) is 32.0 Å². The summed E-state index contributed by atoms with van der Waals surface area (Å²) in [6.45, 7) is 0.628. The molecule has 1 unspecified atom stereocenters. The monoisotopic (exact) mass is 307 g/mol. The maximum atomic E-state index is 12.4. The lowest BCUT2D eigenvalue weighted by atomic mass is 10.0. The number of nitrogens with one attached hydrogen (secondary N) is 1. The van der Waals surface area contributed by atoms with E-state index in [0.29, 0.717) is 30.1 Å². The minimum absolute atomic E-state index is 0.232. The Morgan fingerprint density at radius 3 is 2.76 bits per heavy atom. The first-order valence-corrected chi connectivity index (χ1v) is 7.05. The highest BCUT2D eigenvalue weighted by atomic mass is 35.5. The Balaban J connectivity index is 1.90. The average molecular weight is 308 g/mol. The van der Waals surface area contributed by atoms with Gasteiger partial charge in [0.2, 0.25) is 11.8 Å². The van der Waals surface area contributed by atoms with E-state index in [2.05, 4.69) is 5.32 Å². The number of nitrogens with zero attached hydrogens (tertiary/aromatic N) is 1. The Morgan fingerprint density at radius 2 is 2.10 bits per heavy atom. The van der Waals surface area contributed by atoms with Crippen LogP contribution in [0.1, 0.15) is 34.3 Å². The van der Waals surface area contributed by atoms with Gasteiger partial charge in [0, 0.05) is 30.1 Å². The summed E-state index contributed by atoms with van der Waals surface area (Å²) in [4.78, 5) is 37.0. The highest BCUT2D eigenvalue weighted by Crippen LogP contribution is 2.31. The molecule has 0 aromatic heterocycles. The molecular formula is C14H14ClN3O3. The molecule has 1 saturated heterocycles. The van der Waals surface area contributed by atoms with E-state index in [9.17, 15) is 14.4 Å². The number of rotatable bonds is 2. The number of benzene rings is 1. The van der Waals surface area contributed by atoms with Crippen molar-refractivity contribution in [2.24, 2.45) is 5.73 Å². The van der Waals surface area contributed by atoms with E-state index in [1.807, 2.05) is 0 Å². The van der Waals surface area contributed by atoms with Gasteiger partial charge >= 0.3 is 0 Å². The van der Waals surface area contributed by atoms with Gasteiger partial charge in [0.1, 0.15) is 6.04 Å². The average Bonchev–Trinajstić information content (AvgIpc) is 2.75. The van der Waals surface area contributed by atoms with Gasteiger partial charge in [-0.05, 0) is 23.6 Å². The maximum Gasteiger partial charge on any atom is 0.255 e. The molecule has 1 atom stereocenters. The second-order valence-corrected chi connectivity index (χ2v) is 5.61. The van der Waals surface area contributed by atoms with Gasteiger partial charge in [-0.3, -0.25) is 19.7 Å². The molecule has 21 heavy (non-hydrogen) atoms. The van der Waals surface area contributed by atoms with E-state index < -0.39 is 11.9 Å². The highest BCUT2D eigenvalue weighted by molar-refractivity contribution is 6.31. The Morgan fingerprint density at radius 1 is 1.33 bits per heavy atom. The first-order valence-electron chi connectivity index (χ1n) is 6.67. The molecule has 0 aliphatic carbocycles. The second-order valence-electron chi connectivity index (χ2n) is 5.20. The molecule has 0 spiro atoms. The van der Waals surface area contributed by atoms with Crippen LogP contribution in [0.3, 0.4) is 0 Å². The SMILES string of the molecule is NCc1cc2c(cc1Cl)C(=O)N(C1CCC(=O)NC1=O)C2. The largest absolute Gasteiger partial charge is 0.326 e. The van der Waals surface area contributed by atoms with Crippen LogP contribution in [0.5, 0.6) is 0 Å². The molecule has 1 fully saturated rings. The number of carbonyl (C=O) groups is 3. The van der Waals surface area contributed by atoms with E-state index in [1.165, 1.54) is 4.90 Å². The minimum Gasteiger partial charge on any atom is -0.326 e. The lowest BCUT2D eigenvalue weighted by molar-refractivity contribution is -0.136. The summed E-state index contributed by atoms with van der Waals surface area (Å²) in [5.74, 6) is -0.948. The van der Waals surface area contributed by atoms with Crippen LogP contribution in [0.2, 0.25) is 5.02 Å². The molecule has 3 amide bonds. The predicted molar refractivity (Wildman–Crippen MR) is 75.4 cm³/mol. The fraction of sp³-hybridized carbons (Fsp3) is 0.357. The fourth-order valence-corrected chi connectivity index (χ4v) is 3.04. The molecule has 110 valence electrons. The number of halogens is 1. The number of nitrogens with two attached hydrogens (primary N) is 1. The van der Waals surface area contributed by atoms with Crippen LogP contribution < -0.4 is 11.1 Å². The van der Waals surface area contributed by atoms with Crippen LogP contribution in [-0.4, -0.2) is 28.7 Å². The minimum atomic E-state index is -0.609. The van der Waals surface area contributed by atoms with Crippen molar-refractivity contribution in [2.75, 3.05) is 0 Å². The van der Waals surface area contributed by atoms with Gasteiger partial charge in [0.05, 0.1) is 0 Å². The topological polar surface area (TPSA) is 92.5 Å². The van der Waals surface area contributed by atoms with Crippen molar-refractivity contribution in [1.82, 2.24) is 10.2 Å². The predicted octanol–water partition coefficient (Wildman–Crippen LogP) is 0.560. The summed E-state index contributed by atoms with van der Waals surface area (Å²) in [5.41, 5.74) is 7.70. The quantitative estimate of drug-likeness (QED) is 0.781. The Bertz CT molecular complexity index is 659. The van der Waals surface area contributed by atoms with Crippen LogP contribution in [0.4, 0.5) is 0 Å². The zero-order chi connectivity index (χ0) is 15.1. The van der Waals surface area contributed by atoms with Crippen molar-refractivity contribution in [3.05, 3.63) is 33.8 Å². The van der Waals surface area contributed by atoms with Crippen molar-refractivity contribution in [1.29, 1.82) is 0 Å². The molecule has 0 radical (unpaired) electrons. The molecule has 2 aliphatic rings. The van der Waals surface area contributed by atoms with E-state index in [4.69, 9.17) is 17.3 Å². The molecule has 0 bridgehead atoms. The zero-order valence-electron chi connectivity index (χ0n) is 11.2. The van der Waals surface area contributed by atoms with Crippen LogP contribution in [0, 0.1) is 0 Å². The third-order valence-electron chi connectivity index (χ3n) is 3.91. The number of hydrogen-bond donors (Lipinski definition) is 2. The Labute approximate surface area is 126 Å². The summed E-state index contributed by atoms with van der Waals surface area (Å²) in [6, 6.07) is 2.80. The standard InChI is InChI=1S/C14H14ClN3O3/c15-10-4-9-8(3-7(10)5-16)6-18(14(9)21)11-1-2-12(19)17-13(11)20/h3-4,11H,1-2,5-6,16H2,(H,17,19,20). The summed E-state index contributed by atoms with van der Waals surface area (Å²) >= 11 is 6.08. The molecule has 2 heterocycles. The van der Waals surface area contributed by atoms with Crippen LogP contribution in [0.25, 0.3) is 0 Å². The highest BCUT2D eigenvalue weighted by Gasteiger charge is 2.39. The van der Waals surface area contributed by atoms with E-state index >= 15 is 0 Å². The normalized spacial score (nSPS) is 21.5. The molecule has 2 aliphatic heterocycles. The number of imide groups is 1. The summed E-state index contributed by atoms with van der Waals surface area (Å²) in [7, 11) is 0. The number of piperidine rings is 1. The van der Waals surface area contributed by atoms with Crippen LogP contribution in [-0.2, 0) is 22.7 Å². The third kappa shape index (κ3) is 2.30. The van der Waals surface area contributed by atoms with Crippen molar-refractivity contribution >= 4 is 29.3 Å². The van der Waals surface area contributed by atoms with Gasteiger partial charge in [0.25, 0.3) is 5.91 Å². The Hall–Kier alpha value is -1.92. The summed E-state index contributed by atoms with van der Waals surface area (Å²) in [5, 5.41) is 2.72. The number of amides is 3. The van der Waals surface area contributed by atoms with Crippen molar-refractivity contribution < 1.29 is 14.4 Å². The Kier molecular flexibility index (Phi) is 3.43. The third-order valence-corrected chi connectivity index (χ3v) is 4.26. The molecule has 0 saturated carbocycles. The van der Waals surface area contributed by atoms with Gasteiger partial charge in [-0.25, -0.2) is 0 Å². The second kappa shape index (κ2) is 5.13. The molecule has 7 heteroatoms. The number of carbonyl (C=O) groups excluding carboxylic acids is 3. The van der Waals surface area contributed by atoms with E-state index in [-0.39, 0.29) is 18.2 Å². The molecular weight excluding hydrogens is 294 g/mol. The molecule has 3 rings (SSSR count). The number of fused-ring (bicyclic) bond motifs is 1. The van der Waals surface area contributed by atoms with Crippen LogP contribution >= 0.6 is 11.6 Å². The lowest BCUT2D eigenvalue weighted by Gasteiger charge is -2.29. The molecule has 6 nitrogen and oxygen atoms in total. The van der Waals surface area contributed by atoms with E-state index in [1.54, 1.807) is 12.1 Å². The van der Waals surface area contributed by atoms with Gasteiger partial charge in [-0.2, -0.15) is 0 Å². The first kappa shape index (κ1) is 14.0. The van der Waals surface area contributed by atoms with Gasteiger partial charge < -0.3 is 10.6 Å². The van der Waals surface area contributed by atoms with Gasteiger partial charge in [0.15, 0.2) is 0 Å². The first-order chi connectivity index (χ1) is 10.0. The smallest absolute Gasteiger partial charge is 0.255 e. The lowest BCUT2D eigenvalue weighted by Crippen LogP contribution is -2.52. The molecule has 3 N–H and O–H groups in total. The van der Waals surface area contributed by atoms with Gasteiger partial charge in [-0.1, -0.05) is 17.7 Å². The van der Waals surface area contributed by atoms with E-state index in [0.717, 1.165) is 11.1 Å². The van der Waals surface area contributed by atoms with Gasteiger partial charge in [-0.15, -0.1) is 0 Å².